The summed E-state index contributed by atoms with van der Waals surface area (Å²) in [5.74, 6) is 0.674. The van der Waals surface area contributed by atoms with Crippen molar-refractivity contribution in [2.75, 3.05) is 19.6 Å². The maximum Gasteiger partial charge on any atom is 0.241 e. The minimum atomic E-state index is 0.00153. The van der Waals surface area contributed by atoms with Crippen LogP contribution in [0.3, 0.4) is 0 Å². The van der Waals surface area contributed by atoms with Gasteiger partial charge in [-0.3, -0.25) is 9.59 Å². The highest BCUT2D eigenvalue weighted by atomic mass is 16.2. The standard InChI is InChI=1S/C11H20N2O2/c1-4-13(5-2)10(14)7-12-11(15)9-6-8(9)3/h8-9H,4-7H2,1-3H3,(H,12,15)/t8-,9+/m1/s1. The summed E-state index contributed by atoms with van der Waals surface area (Å²) in [5.41, 5.74) is 0. The summed E-state index contributed by atoms with van der Waals surface area (Å²) >= 11 is 0. The molecule has 0 aromatic rings. The van der Waals surface area contributed by atoms with Gasteiger partial charge < -0.3 is 10.2 Å². The molecule has 1 N–H and O–H groups in total. The van der Waals surface area contributed by atoms with Gasteiger partial charge in [0.2, 0.25) is 11.8 Å². The Kier molecular flexibility index (Phi) is 4.12. The third kappa shape index (κ3) is 3.22. The van der Waals surface area contributed by atoms with Gasteiger partial charge in [-0.1, -0.05) is 6.92 Å². The molecule has 0 spiro atoms. The van der Waals surface area contributed by atoms with Crippen LogP contribution in [0.15, 0.2) is 0 Å². The van der Waals surface area contributed by atoms with Crippen LogP contribution in [0.2, 0.25) is 0 Å². The second kappa shape index (κ2) is 5.14. The number of nitrogens with zero attached hydrogens (tertiary/aromatic N) is 1. The van der Waals surface area contributed by atoms with E-state index in [-0.39, 0.29) is 24.3 Å². The van der Waals surface area contributed by atoms with Crippen LogP contribution in [-0.2, 0) is 9.59 Å². The fraction of sp³-hybridized carbons (Fsp3) is 0.818. The zero-order valence-electron chi connectivity index (χ0n) is 9.75. The highest BCUT2D eigenvalue weighted by Crippen LogP contribution is 2.37. The predicted molar refractivity (Wildman–Crippen MR) is 58.2 cm³/mol. The monoisotopic (exact) mass is 212 g/mol. The highest BCUT2D eigenvalue weighted by molar-refractivity contribution is 5.87. The number of nitrogens with one attached hydrogen (secondary N) is 1. The minimum Gasteiger partial charge on any atom is -0.347 e. The van der Waals surface area contributed by atoms with Crippen molar-refractivity contribution in [3.05, 3.63) is 0 Å². The summed E-state index contributed by atoms with van der Waals surface area (Å²) in [6.45, 7) is 7.47. The summed E-state index contributed by atoms with van der Waals surface area (Å²) in [5, 5.41) is 2.69. The van der Waals surface area contributed by atoms with Crippen LogP contribution in [0.4, 0.5) is 0 Å². The third-order valence-corrected chi connectivity index (χ3v) is 2.98. The number of rotatable bonds is 5. The van der Waals surface area contributed by atoms with Crippen molar-refractivity contribution in [1.82, 2.24) is 10.2 Å². The Hall–Kier alpha value is -1.06. The van der Waals surface area contributed by atoms with E-state index in [4.69, 9.17) is 0 Å². The summed E-state index contributed by atoms with van der Waals surface area (Å²) in [4.78, 5) is 24.7. The minimum absolute atomic E-state index is 0.00153. The molecule has 0 aromatic heterocycles. The molecule has 0 unspecified atom stereocenters. The zero-order valence-corrected chi connectivity index (χ0v) is 9.75. The number of hydrogen-bond acceptors (Lipinski definition) is 2. The lowest BCUT2D eigenvalue weighted by molar-refractivity contribution is -0.132. The van der Waals surface area contributed by atoms with Gasteiger partial charge in [0.15, 0.2) is 0 Å². The number of carbonyl (C=O) groups is 2. The molecular weight excluding hydrogens is 192 g/mol. The topological polar surface area (TPSA) is 49.4 Å². The predicted octanol–water partition coefficient (Wildman–Crippen LogP) is 0.627. The van der Waals surface area contributed by atoms with Crippen molar-refractivity contribution < 1.29 is 9.59 Å². The molecule has 0 saturated heterocycles. The van der Waals surface area contributed by atoms with E-state index in [1.54, 1.807) is 4.90 Å². The van der Waals surface area contributed by atoms with E-state index in [2.05, 4.69) is 12.2 Å². The first-order chi connectivity index (χ1) is 7.10. The maximum atomic E-state index is 11.5. The van der Waals surface area contributed by atoms with Crippen LogP contribution in [0.5, 0.6) is 0 Å². The first-order valence-electron chi connectivity index (χ1n) is 5.65. The number of carbonyl (C=O) groups excluding carboxylic acids is 2. The van der Waals surface area contributed by atoms with Gasteiger partial charge >= 0.3 is 0 Å². The van der Waals surface area contributed by atoms with Gasteiger partial charge in [0.25, 0.3) is 0 Å². The quantitative estimate of drug-likeness (QED) is 0.726. The molecule has 1 saturated carbocycles. The van der Waals surface area contributed by atoms with Crippen LogP contribution in [0.25, 0.3) is 0 Å². The molecule has 0 aromatic carbocycles. The van der Waals surface area contributed by atoms with E-state index >= 15 is 0 Å². The van der Waals surface area contributed by atoms with Gasteiger partial charge in [-0.05, 0) is 26.2 Å². The average Bonchev–Trinajstić information content (AvgIpc) is 2.94. The molecule has 2 atom stereocenters. The first-order valence-corrected chi connectivity index (χ1v) is 5.65. The maximum absolute atomic E-state index is 11.5. The van der Waals surface area contributed by atoms with Crippen molar-refractivity contribution in [2.24, 2.45) is 11.8 Å². The molecule has 15 heavy (non-hydrogen) atoms. The largest absolute Gasteiger partial charge is 0.347 e. The molecule has 0 heterocycles. The molecular formula is C11H20N2O2. The molecule has 0 bridgehead atoms. The van der Waals surface area contributed by atoms with Crippen molar-refractivity contribution in [3.8, 4) is 0 Å². The summed E-state index contributed by atoms with van der Waals surface area (Å²) in [7, 11) is 0. The Bertz CT molecular complexity index is 249. The Morgan fingerprint density at radius 3 is 2.27 bits per heavy atom. The molecule has 1 aliphatic rings. The van der Waals surface area contributed by atoms with Crippen molar-refractivity contribution in [1.29, 1.82) is 0 Å². The average molecular weight is 212 g/mol. The van der Waals surface area contributed by atoms with E-state index in [1.165, 1.54) is 0 Å². The van der Waals surface area contributed by atoms with Crippen LogP contribution in [0, 0.1) is 11.8 Å². The van der Waals surface area contributed by atoms with Crippen LogP contribution < -0.4 is 5.32 Å². The van der Waals surface area contributed by atoms with Gasteiger partial charge in [0.05, 0.1) is 6.54 Å². The highest BCUT2D eigenvalue weighted by Gasteiger charge is 2.39. The molecule has 0 aliphatic heterocycles. The lowest BCUT2D eigenvalue weighted by Crippen LogP contribution is -2.40. The van der Waals surface area contributed by atoms with Crippen molar-refractivity contribution in [3.63, 3.8) is 0 Å². The lowest BCUT2D eigenvalue weighted by Gasteiger charge is -2.18. The molecule has 4 heteroatoms. The normalized spacial score (nSPS) is 23.4. The molecule has 1 rings (SSSR count). The molecule has 86 valence electrons. The molecule has 1 fully saturated rings. The summed E-state index contributed by atoms with van der Waals surface area (Å²) in [6, 6.07) is 0. The summed E-state index contributed by atoms with van der Waals surface area (Å²) in [6.07, 6.45) is 0.964. The van der Waals surface area contributed by atoms with E-state index in [1.807, 2.05) is 13.8 Å². The SMILES string of the molecule is CCN(CC)C(=O)CNC(=O)[C@H]1C[C@H]1C. The van der Waals surface area contributed by atoms with E-state index in [0.29, 0.717) is 19.0 Å². The first kappa shape index (κ1) is 12.0. The molecule has 2 amide bonds. The Labute approximate surface area is 91.0 Å². The number of hydrogen-bond donors (Lipinski definition) is 1. The molecule has 4 nitrogen and oxygen atoms in total. The van der Waals surface area contributed by atoms with Gasteiger partial charge in [-0.25, -0.2) is 0 Å². The fourth-order valence-electron chi connectivity index (χ4n) is 1.67. The van der Waals surface area contributed by atoms with Crippen LogP contribution in [0.1, 0.15) is 27.2 Å². The van der Waals surface area contributed by atoms with Gasteiger partial charge in [0.1, 0.15) is 0 Å². The molecule has 0 radical (unpaired) electrons. The van der Waals surface area contributed by atoms with E-state index in [9.17, 15) is 9.59 Å². The number of likely N-dealkylation sites (N-methyl/N-ethyl adjacent to an activating group) is 1. The lowest BCUT2D eigenvalue weighted by atomic mass is 10.3. The van der Waals surface area contributed by atoms with Gasteiger partial charge in [0, 0.05) is 19.0 Å². The Balaban J connectivity index is 2.24. The summed E-state index contributed by atoms with van der Waals surface area (Å²) < 4.78 is 0. The van der Waals surface area contributed by atoms with Gasteiger partial charge in [-0.2, -0.15) is 0 Å². The van der Waals surface area contributed by atoms with Crippen molar-refractivity contribution in [2.45, 2.75) is 27.2 Å². The van der Waals surface area contributed by atoms with E-state index < -0.39 is 0 Å². The van der Waals surface area contributed by atoms with E-state index in [0.717, 1.165) is 6.42 Å². The van der Waals surface area contributed by atoms with Crippen LogP contribution >= 0.6 is 0 Å². The zero-order chi connectivity index (χ0) is 11.4. The van der Waals surface area contributed by atoms with Crippen molar-refractivity contribution >= 4 is 11.8 Å². The fourth-order valence-corrected chi connectivity index (χ4v) is 1.67. The number of amides is 2. The third-order valence-electron chi connectivity index (χ3n) is 2.98. The Morgan fingerprint density at radius 1 is 1.33 bits per heavy atom. The molecule has 1 aliphatic carbocycles. The second-order valence-electron chi connectivity index (χ2n) is 4.10. The second-order valence-corrected chi connectivity index (χ2v) is 4.10. The Morgan fingerprint density at radius 2 is 1.87 bits per heavy atom. The van der Waals surface area contributed by atoms with Gasteiger partial charge in [-0.15, -0.1) is 0 Å². The smallest absolute Gasteiger partial charge is 0.241 e. The van der Waals surface area contributed by atoms with Crippen LogP contribution in [-0.4, -0.2) is 36.3 Å².